The maximum Gasteiger partial charge on any atom is 0.107 e. The van der Waals surface area contributed by atoms with Gasteiger partial charge in [-0.1, -0.05) is 61.3 Å². The molecule has 1 spiro atoms. The van der Waals surface area contributed by atoms with Crippen molar-refractivity contribution in [1.29, 1.82) is 0 Å². The summed E-state index contributed by atoms with van der Waals surface area (Å²) < 4.78 is 10.0. The molecule has 1 heterocycles. The summed E-state index contributed by atoms with van der Waals surface area (Å²) >= 11 is 0. The van der Waals surface area contributed by atoms with Crippen molar-refractivity contribution in [3.8, 4) is 11.8 Å². The van der Waals surface area contributed by atoms with Crippen molar-refractivity contribution in [2.45, 2.75) is 169 Å². The molecular formula is C39H73NO4. The number of hydrogen-bond donors (Lipinski definition) is 3. The van der Waals surface area contributed by atoms with Crippen LogP contribution in [0.5, 0.6) is 0 Å². The molecule has 1 aliphatic heterocycles. The largest absolute Gasteiger partial charge is 0.390 e. The second-order valence-electron chi connectivity index (χ2n) is 17.1. The van der Waals surface area contributed by atoms with Gasteiger partial charge in [0.05, 0.1) is 24.4 Å². The first-order valence-corrected chi connectivity index (χ1v) is 18.3. The van der Waals surface area contributed by atoms with Crippen molar-refractivity contribution in [3.05, 3.63) is 0 Å². The summed E-state index contributed by atoms with van der Waals surface area (Å²) in [6, 6.07) is 0.490. The zero-order chi connectivity index (χ0) is 32.9. The smallest absolute Gasteiger partial charge is 0.107 e. The first-order valence-electron chi connectivity index (χ1n) is 18.3. The van der Waals surface area contributed by atoms with Crippen molar-refractivity contribution in [1.82, 2.24) is 5.32 Å². The van der Waals surface area contributed by atoms with Gasteiger partial charge < -0.3 is 25.0 Å². The maximum atomic E-state index is 10.1. The van der Waals surface area contributed by atoms with E-state index in [0.29, 0.717) is 23.5 Å². The van der Waals surface area contributed by atoms with Gasteiger partial charge in [0.15, 0.2) is 0 Å². The van der Waals surface area contributed by atoms with E-state index in [0.717, 1.165) is 82.0 Å². The molecule has 5 aliphatic carbocycles. The Balaban J connectivity index is 0.000000206. The van der Waals surface area contributed by atoms with Crippen LogP contribution in [0.3, 0.4) is 0 Å². The van der Waals surface area contributed by atoms with Crippen LogP contribution in [-0.4, -0.2) is 60.9 Å². The Morgan fingerprint density at radius 1 is 0.795 bits per heavy atom. The third kappa shape index (κ3) is 14.4. The topological polar surface area (TPSA) is 71.0 Å². The lowest BCUT2D eigenvalue weighted by molar-refractivity contribution is -0.181. The molecule has 6 fully saturated rings. The van der Waals surface area contributed by atoms with Crippen molar-refractivity contribution in [2.24, 2.45) is 34.5 Å². The lowest BCUT2D eigenvalue weighted by Gasteiger charge is -2.53. The maximum absolute atomic E-state index is 10.1. The van der Waals surface area contributed by atoms with E-state index < -0.39 is 0 Å². The quantitative estimate of drug-likeness (QED) is 0.214. The molecule has 5 saturated carbocycles. The fourth-order valence-electron chi connectivity index (χ4n) is 7.77. The second kappa shape index (κ2) is 18.6. The number of fused-ring (bicyclic) bond motifs is 3. The summed E-state index contributed by atoms with van der Waals surface area (Å²) in [6.07, 6.45) is 18.1. The number of hydrogen-bond acceptors (Lipinski definition) is 5. The lowest BCUT2D eigenvalue weighted by atomic mass is 9.56. The minimum absolute atomic E-state index is 0.251. The predicted molar refractivity (Wildman–Crippen MR) is 186 cm³/mol. The van der Waals surface area contributed by atoms with Crippen molar-refractivity contribution in [2.75, 3.05) is 33.5 Å². The van der Waals surface area contributed by atoms with E-state index in [1.54, 1.807) is 7.11 Å². The van der Waals surface area contributed by atoms with Gasteiger partial charge in [-0.15, -0.1) is 5.92 Å². The lowest BCUT2D eigenvalue weighted by Crippen LogP contribution is -2.52. The highest BCUT2D eigenvalue weighted by Gasteiger charge is 2.49. The van der Waals surface area contributed by atoms with E-state index in [1.807, 2.05) is 0 Å². The summed E-state index contributed by atoms with van der Waals surface area (Å²) in [5.41, 5.74) is 0.696. The van der Waals surface area contributed by atoms with E-state index in [-0.39, 0.29) is 11.2 Å². The molecular weight excluding hydrogens is 546 g/mol. The Bertz CT molecular complexity index is 813. The van der Waals surface area contributed by atoms with Gasteiger partial charge in [-0.2, -0.15) is 0 Å². The van der Waals surface area contributed by atoms with E-state index in [2.05, 4.69) is 72.5 Å². The van der Waals surface area contributed by atoms with Crippen molar-refractivity contribution >= 4 is 0 Å². The van der Waals surface area contributed by atoms with Crippen LogP contribution in [0.2, 0.25) is 0 Å². The predicted octanol–water partition coefficient (Wildman–Crippen LogP) is 8.55. The molecule has 0 aromatic rings. The molecule has 5 nitrogen and oxygen atoms in total. The van der Waals surface area contributed by atoms with Crippen LogP contribution in [0.25, 0.3) is 0 Å². The minimum atomic E-state index is -0.357. The second-order valence-corrected chi connectivity index (χ2v) is 17.1. The highest BCUT2D eigenvalue weighted by atomic mass is 16.5. The molecule has 1 saturated heterocycles. The Hall–Kier alpha value is -0.640. The molecule has 0 unspecified atom stereocenters. The average Bonchev–Trinajstić information content (AvgIpc) is 2.88. The van der Waals surface area contributed by atoms with Crippen LogP contribution in [-0.2, 0) is 9.47 Å². The van der Waals surface area contributed by atoms with Gasteiger partial charge in [0.2, 0.25) is 0 Å². The highest BCUT2D eigenvalue weighted by molar-refractivity contribution is 5.00. The van der Waals surface area contributed by atoms with Crippen LogP contribution in [0.1, 0.15) is 152 Å². The average molecular weight is 620 g/mol. The van der Waals surface area contributed by atoms with Crippen LogP contribution in [0.4, 0.5) is 0 Å². The van der Waals surface area contributed by atoms with E-state index in [4.69, 9.17) is 9.47 Å². The van der Waals surface area contributed by atoms with Crippen LogP contribution < -0.4 is 5.32 Å². The van der Waals surface area contributed by atoms with Gasteiger partial charge in [0, 0.05) is 31.5 Å². The van der Waals surface area contributed by atoms with E-state index in [9.17, 15) is 10.2 Å². The van der Waals surface area contributed by atoms with Gasteiger partial charge in [-0.05, 0) is 119 Å². The van der Waals surface area contributed by atoms with Gasteiger partial charge in [-0.3, -0.25) is 0 Å². The molecule has 0 aromatic heterocycles. The summed E-state index contributed by atoms with van der Waals surface area (Å²) in [6.45, 7) is 21.4. The highest BCUT2D eigenvalue weighted by Crippen LogP contribution is 2.55. The third-order valence-electron chi connectivity index (χ3n) is 10.6. The van der Waals surface area contributed by atoms with Crippen LogP contribution in [0, 0.1) is 46.3 Å². The minimum Gasteiger partial charge on any atom is -0.390 e. The fraction of sp³-hybridized carbons (Fsp3) is 0.949. The number of methoxy groups -OCH3 is 1. The Kier molecular flexibility index (Phi) is 16.7. The SMILES string of the molecule is CC(C)CC12CCC(O)(CC1)CC2.CC(C)CC1CC2(COC2)C1.CC(C)NCC1(O)CCC1.COCC#CCCC(C)C. The standard InChI is InChI=1S/C12H22O.C10H18O.C9H16O.C8H17NO/c1-10(2)9-11-3-6-12(13,7-4-11)8-5-11;1-8(2)3-9-4-10(5-9)6-11-7-10;1-9(2)7-5-4-6-8-10-3;1-7(2)9-6-8(10)4-3-5-8/h10,13H,3-9H2,1-2H3;8-9H,3-7H2,1-2H3;9H,5,7-8H2,1-3H3;7,9-10H,3-6H2,1-2H3. The third-order valence-corrected chi connectivity index (χ3v) is 10.6. The monoisotopic (exact) mass is 620 g/mol. The van der Waals surface area contributed by atoms with Crippen LogP contribution >= 0.6 is 0 Å². The molecule has 6 aliphatic rings. The molecule has 3 N–H and O–H groups in total. The van der Waals surface area contributed by atoms with E-state index >= 15 is 0 Å². The number of aliphatic hydroxyl groups is 2. The van der Waals surface area contributed by atoms with Crippen molar-refractivity contribution in [3.63, 3.8) is 0 Å². The molecule has 2 bridgehead atoms. The summed E-state index contributed by atoms with van der Waals surface area (Å²) in [5, 5.41) is 22.9. The zero-order valence-corrected chi connectivity index (χ0v) is 30.5. The van der Waals surface area contributed by atoms with Gasteiger partial charge in [0.25, 0.3) is 0 Å². The van der Waals surface area contributed by atoms with E-state index in [1.165, 1.54) is 57.8 Å². The van der Waals surface area contributed by atoms with Crippen molar-refractivity contribution < 1.29 is 19.7 Å². The Labute approximate surface area is 273 Å². The number of ether oxygens (including phenoxy) is 2. The first kappa shape index (κ1) is 39.5. The molecule has 0 radical (unpaired) electrons. The summed E-state index contributed by atoms with van der Waals surface area (Å²) in [7, 11) is 1.66. The van der Waals surface area contributed by atoms with Gasteiger partial charge >= 0.3 is 0 Å². The Morgan fingerprint density at radius 3 is 1.77 bits per heavy atom. The molecule has 6 rings (SSSR count). The van der Waals surface area contributed by atoms with Gasteiger partial charge in [-0.25, -0.2) is 0 Å². The molecule has 258 valence electrons. The molecule has 0 aromatic carbocycles. The number of rotatable bonds is 10. The molecule has 0 amide bonds. The molecule has 0 atom stereocenters. The number of nitrogens with one attached hydrogen (secondary N) is 1. The molecule has 44 heavy (non-hydrogen) atoms. The van der Waals surface area contributed by atoms with Crippen LogP contribution in [0.15, 0.2) is 0 Å². The Morgan fingerprint density at radius 2 is 1.39 bits per heavy atom. The molecule has 5 heteroatoms. The fourth-order valence-corrected chi connectivity index (χ4v) is 7.77. The summed E-state index contributed by atoms with van der Waals surface area (Å²) in [5.74, 6) is 9.46. The van der Waals surface area contributed by atoms with Gasteiger partial charge in [0.1, 0.15) is 6.61 Å². The normalized spacial score (nSPS) is 27.5. The summed E-state index contributed by atoms with van der Waals surface area (Å²) in [4.78, 5) is 0. The first-order chi connectivity index (χ1) is 20.6. The zero-order valence-electron chi connectivity index (χ0n) is 30.5.